The normalized spacial score (nSPS) is 10.1. The van der Waals surface area contributed by atoms with Gasteiger partial charge in [0.25, 0.3) is 0 Å². The number of carboxylic acids is 2. The zero-order valence-electron chi connectivity index (χ0n) is 11.1. The zero-order valence-corrected chi connectivity index (χ0v) is 12.7. The Kier molecular flexibility index (Phi) is 5.86. The number of aromatic amines is 1. The molecule has 0 aliphatic rings. The molecule has 2 rings (SSSR count). The van der Waals surface area contributed by atoms with E-state index >= 15 is 0 Å². The number of H-pyrrole nitrogens is 1. The third-order valence-electron chi connectivity index (χ3n) is 2.72. The second-order valence-electron chi connectivity index (χ2n) is 4.19. The van der Waals surface area contributed by atoms with Crippen LogP contribution in [0.25, 0.3) is 10.9 Å². The van der Waals surface area contributed by atoms with Gasteiger partial charge in [-0.25, -0.2) is 14.0 Å². The summed E-state index contributed by atoms with van der Waals surface area (Å²) in [7, 11) is 0. The van der Waals surface area contributed by atoms with Crippen LogP contribution in [0.3, 0.4) is 0 Å². The number of fused-ring (bicyclic) bond motifs is 1. The molecule has 6 nitrogen and oxygen atoms in total. The van der Waals surface area contributed by atoms with Crippen molar-refractivity contribution in [3.8, 4) is 0 Å². The average molecular weight is 361 g/mol. The minimum atomic E-state index is -1.82. The summed E-state index contributed by atoms with van der Waals surface area (Å²) < 4.78 is 14.3. The van der Waals surface area contributed by atoms with Crippen LogP contribution in [-0.2, 0) is 16.0 Å². The van der Waals surface area contributed by atoms with Gasteiger partial charge in [0, 0.05) is 15.6 Å². The molecule has 0 spiro atoms. The molecule has 0 saturated heterocycles. The number of hydrogen-bond donors (Lipinski definition) is 4. The highest BCUT2D eigenvalue weighted by atomic mass is 79.9. The summed E-state index contributed by atoms with van der Waals surface area (Å²) in [6, 6.07) is 3.39. The summed E-state index contributed by atoms with van der Waals surface area (Å²) in [6.07, 6.45) is 0.766. The summed E-state index contributed by atoms with van der Waals surface area (Å²) >= 11 is 3.29. The topological polar surface area (TPSA) is 116 Å². The summed E-state index contributed by atoms with van der Waals surface area (Å²) in [6.45, 7) is 2.51. The van der Waals surface area contributed by atoms with Gasteiger partial charge in [-0.2, -0.15) is 0 Å². The molecule has 0 fully saturated rings. The lowest BCUT2D eigenvalue weighted by Gasteiger charge is -1.99. The van der Waals surface area contributed by atoms with E-state index in [2.05, 4.69) is 20.9 Å². The number of nitrogens with one attached hydrogen (secondary N) is 1. The molecule has 21 heavy (non-hydrogen) atoms. The van der Waals surface area contributed by atoms with Gasteiger partial charge in [0.15, 0.2) is 0 Å². The molecule has 1 aromatic heterocycles. The number of benzene rings is 1. The molecule has 1 heterocycles. The Morgan fingerprint density at radius 3 is 2.38 bits per heavy atom. The highest BCUT2D eigenvalue weighted by Crippen LogP contribution is 2.28. The lowest BCUT2D eigenvalue weighted by atomic mass is 10.1. The van der Waals surface area contributed by atoms with Crippen LogP contribution in [-0.4, -0.2) is 33.7 Å². The van der Waals surface area contributed by atoms with Crippen LogP contribution in [0.5, 0.6) is 0 Å². The van der Waals surface area contributed by atoms with E-state index < -0.39 is 11.9 Å². The summed E-state index contributed by atoms with van der Waals surface area (Å²) in [5.41, 5.74) is 8.20. The van der Waals surface area contributed by atoms with Crippen molar-refractivity contribution in [3.05, 3.63) is 33.7 Å². The van der Waals surface area contributed by atoms with Crippen molar-refractivity contribution in [3.63, 3.8) is 0 Å². The fourth-order valence-electron chi connectivity index (χ4n) is 1.87. The van der Waals surface area contributed by atoms with Crippen LogP contribution in [0.2, 0.25) is 0 Å². The fourth-order valence-corrected chi connectivity index (χ4v) is 2.30. The first-order valence-electron chi connectivity index (χ1n) is 5.90. The molecule has 1 aromatic carbocycles. The van der Waals surface area contributed by atoms with E-state index in [1.165, 1.54) is 6.07 Å². The molecule has 2 aromatic rings. The number of rotatable bonds is 2. The van der Waals surface area contributed by atoms with Gasteiger partial charge in [0.1, 0.15) is 5.82 Å². The quantitative estimate of drug-likeness (QED) is 0.611. The Morgan fingerprint density at radius 2 is 1.90 bits per heavy atom. The maximum atomic E-state index is 13.6. The van der Waals surface area contributed by atoms with Gasteiger partial charge in [-0.1, -0.05) is 15.9 Å². The Labute approximate surface area is 127 Å². The number of nitrogens with two attached hydrogens (primary N) is 1. The van der Waals surface area contributed by atoms with E-state index in [-0.39, 0.29) is 5.82 Å². The Bertz CT molecular complexity index is 672. The van der Waals surface area contributed by atoms with Gasteiger partial charge < -0.3 is 20.9 Å². The second-order valence-corrected chi connectivity index (χ2v) is 5.10. The number of hydrogen-bond acceptors (Lipinski definition) is 3. The predicted molar refractivity (Wildman–Crippen MR) is 78.7 cm³/mol. The van der Waals surface area contributed by atoms with Crippen LogP contribution in [0, 0.1) is 12.7 Å². The SMILES string of the molecule is Cc1[nH]c2c(F)cc(Br)cc2c1CCN.O=C(O)C(=O)O. The molecular weight excluding hydrogens is 347 g/mol. The van der Waals surface area contributed by atoms with Gasteiger partial charge in [-0.3, -0.25) is 0 Å². The largest absolute Gasteiger partial charge is 0.473 e. The van der Waals surface area contributed by atoms with Crippen LogP contribution in [0.15, 0.2) is 16.6 Å². The third-order valence-corrected chi connectivity index (χ3v) is 3.18. The van der Waals surface area contributed by atoms with E-state index in [9.17, 15) is 4.39 Å². The van der Waals surface area contributed by atoms with Crippen molar-refractivity contribution >= 4 is 38.8 Å². The number of aliphatic carboxylic acids is 2. The molecule has 0 aliphatic carbocycles. The number of carboxylic acid groups (broad SMARTS) is 2. The number of aromatic nitrogens is 1. The molecule has 0 unspecified atom stereocenters. The first-order chi connectivity index (χ1) is 9.77. The average Bonchev–Trinajstić information content (AvgIpc) is 2.68. The highest BCUT2D eigenvalue weighted by Gasteiger charge is 2.11. The molecule has 0 atom stereocenters. The number of halogens is 2. The van der Waals surface area contributed by atoms with E-state index in [1.54, 1.807) is 0 Å². The number of carbonyl (C=O) groups is 2. The van der Waals surface area contributed by atoms with Crippen molar-refractivity contribution in [2.24, 2.45) is 5.73 Å². The molecule has 8 heteroatoms. The summed E-state index contributed by atoms with van der Waals surface area (Å²) in [5.74, 6) is -3.88. The van der Waals surface area contributed by atoms with Crippen molar-refractivity contribution < 1.29 is 24.2 Å². The van der Waals surface area contributed by atoms with Gasteiger partial charge in [0.05, 0.1) is 5.52 Å². The van der Waals surface area contributed by atoms with Crippen LogP contribution in [0.1, 0.15) is 11.3 Å². The zero-order chi connectivity index (χ0) is 16.2. The van der Waals surface area contributed by atoms with Crippen molar-refractivity contribution in [2.75, 3.05) is 6.54 Å². The summed E-state index contributed by atoms with van der Waals surface area (Å²) in [4.78, 5) is 21.3. The van der Waals surface area contributed by atoms with Crippen molar-refractivity contribution in [2.45, 2.75) is 13.3 Å². The van der Waals surface area contributed by atoms with Crippen molar-refractivity contribution in [1.29, 1.82) is 0 Å². The van der Waals surface area contributed by atoms with Gasteiger partial charge >= 0.3 is 11.9 Å². The fraction of sp³-hybridized carbons (Fsp3) is 0.231. The Balaban J connectivity index is 0.000000315. The molecule has 0 saturated carbocycles. The summed E-state index contributed by atoms with van der Waals surface area (Å²) in [5, 5.41) is 15.7. The van der Waals surface area contributed by atoms with Crippen LogP contribution >= 0.6 is 15.9 Å². The molecule has 0 aliphatic heterocycles. The molecule has 5 N–H and O–H groups in total. The lowest BCUT2D eigenvalue weighted by Crippen LogP contribution is -2.09. The molecule has 0 amide bonds. The maximum absolute atomic E-state index is 13.6. The first-order valence-corrected chi connectivity index (χ1v) is 6.69. The predicted octanol–water partition coefficient (Wildman–Crippen LogP) is 2.03. The van der Waals surface area contributed by atoms with Crippen molar-refractivity contribution in [1.82, 2.24) is 4.98 Å². The van der Waals surface area contributed by atoms with Gasteiger partial charge in [0.2, 0.25) is 0 Å². The monoisotopic (exact) mass is 360 g/mol. The van der Waals surface area contributed by atoms with E-state index in [4.69, 9.17) is 25.5 Å². The maximum Gasteiger partial charge on any atom is 0.414 e. The Morgan fingerprint density at radius 1 is 1.33 bits per heavy atom. The highest BCUT2D eigenvalue weighted by molar-refractivity contribution is 9.10. The van der Waals surface area contributed by atoms with Crippen LogP contribution in [0.4, 0.5) is 4.39 Å². The Hall–Kier alpha value is -1.93. The molecule has 114 valence electrons. The van der Waals surface area contributed by atoms with E-state index in [0.29, 0.717) is 12.1 Å². The second kappa shape index (κ2) is 7.19. The van der Waals surface area contributed by atoms with E-state index in [1.807, 2.05) is 13.0 Å². The smallest absolute Gasteiger partial charge is 0.414 e. The molecule has 0 radical (unpaired) electrons. The molecular formula is C13H14BrFN2O4. The standard InChI is InChI=1S/C11H12BrFN2.C2H2O4/c1-6-8(2-3-14)9-4-7(12)5-10(13)11(9)15-6;3-1(4)2(5)6/h4-5,15H,2-3,14H2,1H3;(H,3,4)(H,5,6). The lowest BCUT2D eigenvalue weighted by molar-refractivity contribution is -0.159. The van der Waals surface area contributed by atoms with E-state index in [0.717, 1.165) is 27.5 Å². The molecule has 0 bridgehead atoms. The first kappa shape index (κ1) is 17.1. The third kappa shape index (κ3) is 4.27. The minimum absolute atomic E-state index is 0.231. The number of aryl methyl sites for hydroxylation is 1. The minimum Gasteiger partial charge on any atom is -0.473 e. The van der Waals surface area contributed by atoms with Crippen LogP contribution < -0.4 is 5.73 Å². The van der Waals surface area contributed by atoms with Gasteiger partial charge in [-0.15, -0.1) is 0 Å². The van der Waals surface area contributed by atoms with Gasteiger partial charge in [-0.05, 0) is 37.6 Å².